The van der Waals surface area contributed by atoms with Gasteiger partial charge < -0.3 is 9.84 Å². The molecule has 1 aliphatic carbocycles. The summed E-state index contributed by atoms with van der Waals surface area (Å²) in [5.41, 5.74) is 1.12. The van der Waals surface area contributed by atoms with Gasteiger partial charge in [0.25, 0.3) is 0 Å². The first-order valence-electron chi connectivity index (χ1n) is 6.14. The minimum absolute atomic E-state index is 0.666. The van der Waals surface area contributed by atoms with Crippen LogP contribution in [0.5, 0.6) is 5.75 Å². The highest BCUT2D eigenvalue weighted by Gasteiger charge is 2.42. The van der Waals surface area contributed by atoms with E-state index < -0.39 is 10.7 Å². The number of thioether (sulfide) groups is 1. The number of aliphatic carboxylic acids is 1. The maximum absolute atomic E-state index is 11.6. The van der Waals surface area contributed by atoms with Crippen molar-refractivity contribution in [2.24, 2.45) is 0 Å². The fourth-order valence-electron chi connectivity index (χ4n) is 2.38. The third kappa shape index (κ3) is 2.48. The predicted molar refractivity (Wildman–Crippen MR) is 72.4 cm³/mol. The van der Waals surface area contributed by atoms with Crippen molar-refractivity contribution in [1.82, 2.24) is 0 Å². The van der Waals surface area contributed by atoms with Gasteiger partial charge in [0.05, 0.1) is 12.0 Å². The Morgan fingerprint density at radius 2 is 2.06 bits per heavy atom. The zero-order valence-electron chi connectivity index (χ0n) is 10.7. The number of carboxylic acids is 1. The predicted octanol–water partition coefficient (Wildman–Crippen LogP) is 3.49. The first kappa shape index (κ1) is 13.3. The Kier molecular flexibility index (Phi) is 3.85. The lowest BCUT2D eigenvalue weighted by Gasteiger charge is -2.24. The van der Waals surface area contributed by atoms with E-state index in [-0.39, 0.29) is 0 Å². The molecule has 0 spiro atoms. The maximum atomic E-state index is 11.6. The molecule has 0 amide bonds. The number of rotatable bonds is 4. The van der Waals surface area contributed by atoms with E-state index in [1.165, 1.54) is 11.8 Å². The second-order valence-corrected chi connectivity index (χ2v) is 6.19. The van der Waals surface area contributed by atoms with Crippen LogP contribution in [0.2, 0.25) is 0 Å². The third-order valence-electron chi connectivity index (χ3n) is 3.43. The molecule has 1 fully saturated rings. The lowest BCUT2D eigenvalue weighted by molar-refractivity contribution is -0.139. The second-order valence-electron chi connectivity index (χ2n) is 4.76. The van der Waals surface area contributed by atoms with Crippen molar-refractivity contribution >= 4 is 17.7 Å². The molecule has 1 aromatic rings. The summed E-state index contributed by atoms with van der Waals surface area (Å²) in [6.07, 6.45) is 3.47. The van der Waals surface area contributed by atoms with E-state index in [4.69, 9.17) is 4.74 Å². The van der Waals surface area contributed by atoms with Gasteiger partial charge in [0.15, 0.2) is 0 Å². The summed E-state index contributed by atoms with van der Waals surface area (Å²) >= 11 is 1.45. The topological polar surface area (TPSA) is 46.5 Å². The lowest BCUT2D eigenvalue weighted by atomic mass is 10.1. The normalized spacial score (nSPS) is 17.7. The van der Waals surface area contributed by atoms with Gasteiger partial charge in [-0.25, -0.2) is 0 Å². The molecule has 3 nitrogen and oxygen atoms in total. The van der Waals surface area contributed by atoms with Crippen LogP contribution < -0.4 is 4.74 Å². The largest absolute Gasteiger partial charge is 0.496 e. The van der Waals surface area contributed by atoms with E-state index in [1.54, 1.807) is 7.11 Å². The SMILES string of the molecule is COc1ccc(C)cc1SC1(C(=O)O)CCCC1. The third-order valence-corrected chi connectivity index (χ3v) is 4.94. The van der Waals surface area contributed by atoms with Crippen molar-refractivity contribution in [3.05, 3.63) is 23.8 Å². The van der Waals surface area contributed by atoms with Gasteiger partial charge in [-0.1, -0.05) is 18.9 Å². The van der Waals surface area contributed by atoms with E-state index in [2.05, 4.69) is 0 Å². The highest BCUT2D eigenvalue weighted by Crippen LogP contribution is 2.48. The molecule has 18 heavy (non-hydrogen) atoms. The summed E-state index contributed by atoms with van der Waals surface area (Å²) in [5.74, 6) is 0.0617. The number of methoxy groups -OCH3 is 1. The highest BCUT2D eigenvalue weighted by atomic mass is 32.2. The first-order valence-corrected chi connectivity index (χ1v) is 6.96. The van der Waals surface area contributed by atoms with Gasteiger partial charge in [0.2, 0.25) is 0 Å². The van der Waals surface area contributed by atoms with Crippen molar-refractivity contribution in [3.63, 3.8) is 0 Å². The summed E-state index contributed by atoms with van der Waals surface area (Å²) in [7, 11) is 1.62. The van der Waals surface area contributed by atoms with E-state index in [0.717, 1.165) is 41.9 Å². The Labute approximate surface area is 112 Å². The average Bonchev–Trinajstić information content (AvgIpc) is 2.79. The average molecular weight is 266 g/mol. The lowest BCUT2D eigenvalue weighted by Crippen LogP contribution is -2.31. The molecule has 0 heterocycles. The molecule has 1 aliphatic rings. The maximum Gasteiger partial charge on any atom is 0.320 e. The second kappa shape index (κ2) is 5.22. The molecule has 2 rings (SSSR count). The fourth-order valence-corrected chi connectivity index (χ4v) is 3.88. The Bertz CT molecular complexity index is 450. The van der Waals surface area contributed by atoms with Crippen molar-refractivity contribution in [3.8, 4) is 5.75 Å². The van der Waals surface area contributed by atoms with Crippen LogP contribution in [0.15, 0.2) is 23.1 Å². The van der Waals surface area contributed by atoms with Crippen molar-refractivity contribution < 1.29 is 14.6 Å². The Morgan fingerprint density at radius 1 is 1.39 bits per heavy atom. The quantitative estimate of drug-likeness (QED) is 0.906. The first-order chi connectivity index (χ1) is 8.57. The molecule has 0 unspecified atom stereocenters. The number of carbonyl (C=O) groups is 1. The fraction of sp³-hybridized carbons (Fsp3) is 0.500. The summed E-state index contributed by atoms with van der Waals surface area (Å²) in [6, 6.07) is 5.89. The molecule has 98 valence electrons. The Balaban J connectivity index is 2.32. The van der Waals surface area contributed by atoms with Gasteiger partial charge in [-0.2, -0.15) is 0 Å². The monoisotopic (exact) mass is 266 g/mol. The van der Waals surface area contributed by atoms with Crippen LogP contribution in [0, 0.1) is 6.92 Å². The molecule has 0 atom stereocenters. The molecular weight excluding hydrogens is 248 g/mol. The number of ether oxygens (including phenoxy) is 1. The van der Waals surface area contributed by atoms with E-state index in [1.807, 2.05) is 25.1 Å². The smallest absolute Gasteiger partial charge is 0.320 e. The van der Waals surface area contributed by atoms with Crippen LogP contribution in [-0.2, 0) is 4.79 Å². The minimum atomic E-state index is -0.700. The number of benzene rings is 1. The van der Waals surface area contributed by atoms with Crippen molar-refractivity contribution in [2.75, 3.05) is 7.11 Å². The van der Waals surface area contributed by atoms with Crippen molar-refractivity contribution in [2.45, 2.75) is 42.2 Å². The van der Waals surface area contributed by atoms with Gasteiger partial charge >= 0.3 is 5.97 Å². The van der Waals surface area contributed by atoms with Crippen LogP contribution >= 0.6 is 11.8 Å². The zero-order chi connectivity index (χ0) is 13.2. The molecule has 1 N–H and O–H groups in total. The van der Waals surface area contributed by atoms with Crippen LogP contribution in [-0.4, -0.2) is 22.9 Å². The molecule has 0 aromatic heterocycles. The van der Waals surface area contributed by atoms with Crippen LogP contribution in [0.1, 0.15) is 31.2 Å². The Morgan fingerprint density at radius 3 is 2.61 bits per heavy atom. The zero-order valence-corrected chi connectivity index (χ0v) is 11.5. The number of carboxylic acid groups (broad SMARTS) is 1. The van der Waals surface area contributed by atoms with Gasteiger partial charge in [0.1, 0.15) is 10.5 Å². The molecule has 1 saturated carbocycles. The van der Waals surface area contributed by atoms with Gasteiger partial charge in [-0.3, -0.25) is 4.79 Å². The summed E-state index contributed by atoms with van der Waals surface area (Å²) in [6.45, 7) is 2.01. The van der Waals surface area contributed by atoms with E-state index >= 15 is 0 Å². The van der Waals surface area contributed by atoms with Crippen molar-refractivity contribution in [1.29, 1.82) is 0 Å². The molecule has 0 bridgehead atoms. The molecule has 0 radical (unpaired) electrons. The van der Waals surface area contributed by atoms with Gasteiger partial charge in [-0.15, -0.1) is 11.8 Å². The molecule has 4 heteroatoms. The molecule has 0 aliphatic heterocycles. The number of aryl methyl sites for hydroxylation is 1. The van der Waals surface area contributed by atoms with Crippen LogP contribution in [0.25, 0.3) is 0 Å². The Hall–Kier alpha value is -1.16. The van der Waals surface area contributed by atoms with E-state index in [0.29, 0.717) is 0 Å². The minimum Gasteiger partial charge on any atom is -0.496 e. The number of hydrogen-bond donors (Lipinski definition) is 1. The van der Waals surface area contributed by atoms with E-state index in [9.17, 15) is 9.90 Å². The highest BCUT2D eigenvalue weighted by molar-refractivity contribution is 8.01. The van der Waals surface area contributed by atoms with Gasteiger partial charge in [-0.05, 0) is 37.5 Å². The summed E-state index contributed by atoms with van der Waals surface area (Å²) in [4.78, 5) is 12.5. The number of hydrogen-bond acceptors (Lipinski definition) is 3. The van der Waals surface area contributed by atoms with Crippen LogP contribution in [0.3, 0.4) is 0 Å². The summed E-state index contributed by atoms with van der Waals surface area (Å²) < 4.78 is 4.66. The molecular formula is C14H18O3S. The summed E-state index contributed by atoms with van der Waals surface area (Å²) in [5, 5.41) is 9.50. The standard InChI is InChI=1S/C14H18O3S/c1-10-5-6-11(17-2)12(9-10)18-14(13(15)16)7-3-4-8-14/h5-6,9H,3-4,7-8H2,1-2H3,(H,15,16). The molecule has 1 aromatic carbocycles. The van der Waals surface area contributed by atoms with Gasteiger partial charge in [0, 0.05) is 0 Å². The van der Waals surface area contributed by atoms with Crippen LogP contribution in [0.4, 0.5) is 0 Å². The molecule has 0 saturated heterocycles.